The number of alkyl carbamates (subject to hydrolysis) is 1. The molecule has 0 aromatic heterocycles. The molecule has 32 heavy (non-hydrogen) atoms. The van der Waals surface area contributed by atoms with E-state index in [2.05, 4.69) is 29.6 Å². The van der Waals surface area contributed by atoms with E-state index in [1.807, 2.05) is 24.3 Å². The first-order valence-corrected chi connectivity index (χ1v) is 11.0. The van der Waals surface area contributed by atoms with Gasteiger partial charge >= 0.3 is 12.1 Å². The molecule has 168 valence electrons. The van der Waals surface area contributed by atoms with Gasteiger partial charge in [-0.25, -0.2) is 4.79 Å². The first-order chi connectivity index (χ1) is 15.5. The van der Waals surface area contributed by atoms with Crippen LogP contribution in [0, 0.1) is 11.8 Å². The van der Waals surface area contributed by atoms with E-state index in [0.717, 1.165) is 6.42 Å². The summed E-state index contributed by atoms with van der Waals surface area (Å²) in [6.07, 6.45) is 0.744. The monoisotopic (exact) mass is 436 g/mol. The van der Waals surface area contributed by atoms with Crippen LogP contribution in [0.2, 0.25) is 0 Å². The fourth-order valence-electron chi connectivity index (χ4n) is 4.50. The molecule has 2 aliphatic rings. The van der Waals surface area contributed by atoms with E-state index in [1.165, 1.54) is 22.3 Å². The highest BCUT2D eigenvalue weighted by atomic mass is 16.5. The highest BCUT2D eigenvalue weighted by Crippen LogP contribution is 2.44. The van der Waals surface area contributed by atoms with Gasteiger partial charge in [0, 0.05) is 38.4 Å². The summed E-state index contributed by atoms with van der Waals surface area (Å²) in [4.78, 5) is 36.9. The van der Waals surface area contributed by atoms with Crippen LogP contribution in [0.3, 0.4) is 0 Å². The van der Waals surface area contributed by atoms with Gasteiger partial charge in [-0.05, 0) is 41.0 Å². The Balaban J connectivity index is 1.22. The van der Waals surface area contributed by atoms with Gasteiger partial charge in [-0.15, -0.1) is 0 Å². The number of benzene rings is 2. The number of nitrogens with one attached hydrogen (secondary N) is 1. The lowest BCUT2D eigenvalue weighted by Crippen LogP contribution is -2.32. The molecule has 2 aromatic rings. The second-order valence-corrected chi connectivity index (χ2v) is 8.57. The molecule has 0 bridgehead atoms. The number of hydrogen-bond acceptors (Lipinski definition) is 4. The zero-order chi connectivity index (χ0) is 22.7. The zero-order valence-electron chi connectivity index (χ0n) is 18.1. The number of hydrogen-bond donors (Lipinski definition) is 2. The Bertz CT molecular complexity index is 975. The summed E-state index contributed by atoms with van der Waals surface area (Å²) in [5, 5.41) is 11.5. The van der Waals surface area contributed by atoms with Crippen molar-refractivity contribution in [2.24, 2.45) is 11.8 Å². The molecule has 0 saturated heterocycles. The Hall–Kier alpha value is -3.35. The number of aliphatic carboxylic acids is 1. The molecule has 1 fully saturated rings. The topological polar surface area (TPSA) is 95.9 Å². The van der Waals surface area contributed by atoms with Crippen LogP contribution < -0.4 is 5.32 Å². The number of carbonyl (C=O) groups is 3. The Morgan fingerprint density at radius 2 is 1.69 bits per heavy atom. The maximum absolute atomic E-state index is 12.4. The fourth-order valence-corrected chi connectivity index (χ4v) is 4.50. The predicted octanol–water partition coefficient (Wildman–Crippen LogP) is 3.48. The van der Waals surface area contributed by atoms with Crippen molar-refractivity contribution < 1.29 is 24.2 Å². The van der Waals surface area contributed by atoms with Gasteiger partial charge in [0.25, 0.3) is 0 Å². The van der Waals surface area contributed by atoms with E-state index in [-0.39, 0.29) is 36.7 Å². The molecule has 4 rings (SSSR count). The number of rotatable bonds is 9. The van der Waals surface area contributed by atoms with E-state index >= 15 is 0 Å². The van der Waals surface area contributed by atoms with Crippen LogP contribution in [0.4, 0.5) is 4.79 Å². The molecule has 0 aliphatic heterocycles. The van der Waals surface area contributed by atoms with Gasteiger partial charge in [0.2, 0.25) is 5.91 Å². The molecule has 2 atom stereocenters. The summed E-state index contributed by atoms with van der Waals surface area (Å²) < 4.78 is 5.54. The van der Waals surface area contributed by atoms with Crippen LogP contribution in [0.15, 0.2) is 48.5 Å². The van der Waals surface area contributed by atoms with Crippen LogP contribution in [-0.4, -0.2) is 54.7 Å². The SMILES string of the molecule is CN(CCCC(=O)O)C(=O)C1CC1CNC(=O)OCC1c2ccccc2-c2ccccc21. The van der Waals surface area contributed by atoms with E-state index in [0.29, 0.717) is 19.5 Å². The van der Waals surface area contributed by atoms with Crippen molar-refractivity contribution in [1.82, 2.24) is 10.2 Å². The summed E-state index contributed by atoms with van der Waals surface area (Å²) in [6.45, 7) is 1.09. The summed E-state index contributed by atoms with van der Waals surface area (Å²) in [5.74, 6) is -0.844. The van der Waals surface area contributed by atoms with Crippen molar-refractivity contribution in [2.45, 2.75) is 25.2 Å². The Morgan fingerprint density at radius 1 is 1.06 bits per heavy atom. The average molecular weight is 437 g/mol. The second kappa shape index (κ2) is 9.42. The van der Waals surface area contributed by atoms with Gasteiger partial charge in [0.05, 0.1) is 0 Å². The van der Waals surface area contributed by atoms with Crippen molar-refractivity contribution >= 4 is 18.0 Å². The minimum absolute atomic E-state index is 0.00901. The average Bonchev–Trinajstić information content (AvgIpc) is 3.50. The van der Waals surface area contributed by atoms with Crippen molar-refractivity contribution in [3.8, 4) is 11.1 Å². The Kier molecular flexibility index (Phi) is 6.44. The summed E-state index contributed by atoms with van der Waals surface area (Å²) >= 11 is 0. The molecule has 7 heteroatoms. The molecule has 2 unspecified atom stereocenters. The molecule has 7 nitrogen and oxygen atoms in total. The number of carbonyl (C=O) groups excluding carboxylic acids is 2. The highest BCUT2D eigenvalue weighted by Gasteiger charge is 2.44. The molecule has 2 N–H and O–H groups in total. The van der Waals surface area contributed by atoms with Crippen molar-refractivity contribution in [3.05, 3.63) is 59.7 Å². The quantitative estimate of drug-likeness (QED) is 0.627. The third-order valence-corrected chi connectivity index (χ3v) is 6.35. The van der Waals surface area contributed by atoms with Crippen LogP contribution in [0.25, 0.3) is 11.1 Å². The lowest BCUT2D eigenvalue weighted by molar-refractivity contribution is -0.138. The lowest BCUT2D eigenvalue weighted by atomic mass is 9.98. The number of carboxylic acids is 1. The number of nitrogens with zero attached hydrogens (tertiary/aromatic N) is 1. The van der Waals surface area contributed by atoms with Crippen molar-refractivity contribution in [1.29, 1.82) is 0 Å². The predicted molar refractivity (Wildman–Crippen MR) is 119 cm³/mol. The van der Waals surface area contributed by atoms with Gasteiger partial charge in [0.15, 0.2) is 0 Å². The third-order valence-electron chi connectivity index (χ3n) is 6.35. The van der Waals surface area contributed by atoms with Gasteiger partial charge in [-0.2, -0.15) is 0 Å². The molecule has 0 spiro atoms. The van der Waals surface area contributed by atoms with Gasteiger partial charge in [-0.3, -0.25) is 9.59 Å². The number of carboxylic acid groups (broad SMARTS) is 1. The molecule has 2 aliphatic carbocycles. The van der Waals surface area contributed by atoms with Crippen LogP contribution in [0.1, 0.15) is 36.3 Å². The summed E-state index contributed by atoms with van der Waals surface area (Å²) in [7, 11) is 1.69. The Morgan fingerprint density at radius 3 is 2.31 bits per heavy atom. The normalized spacial score (nSPS) is 18.4. The fraction of sp³-hybridized carbons (Fsp3) is 0.400. The van der Waals surface area contributed by atoms with Gasteiger partial charge in [-0.1, -0.05) is 48.5 Å². The van der Waals surface area contributed by atoms with Crippen LogP contribution in [-0.2, 0) is 14.3 Å². The molecule has 2 aromatic carbocycles. The smallest absolute Gasteiger partial charge is 0.407 e. The number of ether oxygens (including phenoxy) is 1. The first-order valence-electron chi connectivity index (χ1n) is 11.0. The minimum atomic E-state index is -0.859. The molecule has 0 heterocycles. The molecular formula is C25H28N2O5. The number of amides is 2. The lowest BCUT2D eigenvalue weighted by Gasteiger charge is -2.17. The molecular weight excluding hydrogens is 408 g/mol. The zero-order valence-corrected chi connectivity index (χ0v) is 18.1. The van der Waals surface area contributed by atoms with Crippen molar-refractivity contribution in [3.63, 3.8) is 0 Å². The van der Waals surface area contributed by atoms with E-state index in [1.54, 1.807) is 11.9 Å². The van der Waals surface area contributed by atoms with E-state index in [9.17, 15) is 14.4 Å². The summed E-state index contributed by atoms with van der Waals surface area (Å²) in [5.41, 5.74) is 4.70. The van der Waals surface area contributed by atoms with E-state index in [4.69, 9.17) is 9.84 Å². The van der Waals surface area contributed by atoms with Gasteiger partial charge in [0.1, 0.15) is 6.61 Å². The maximum atomic E-state index is 12.4. The Labute approximate surface area is 187 Å². The highest BCUT2D eigenvalue weighted by molar-refractivity contribution is 5.82. The largest absolute Gasteiger partial charge is 0.481 e. The van der Waals surface area contributed by atoms with Crippen LogP contribution >= 0.6 is 0 Å². The number of fused-ring (bicyclic) bond motifs is 3. The molecule has 1 saturated carbocycles. The molecule has 2 amide bonds. The summed E-state index contributed by atoms with van der Waals surface area (Å²) in [6, 6.07) is 16.4. The first kappa shape index (κ1) is 21.9. The maximum Gasteiger partial charge on any atom is 0.407 e. The van der Waals surface area contributed by atoms with E-state index < -0.39 is 12.1 Å². The third kappa shape index (κ3) is 4.77. The minimum Gasteiger partial charge on any atom is -0.481 e. The van der Waals surface area contributed by atoms with Crippen molar-refractivity contribution in [2.75, 3.05) is 26.7 Å². The molecule has 0 radical (unpaired) electrons. The standard InChI is InChI=1S/C25H28N2O5/c1-27(12-6-11-23(28)29)24(30)21-13-16(21)14-26-25(31)32-15-22-19-9-4-2-7-17(19)18-8-3-5-10-20(18)22/h2-5,7-10,16,21-22H,6,11-15H2,1H3,(H,26,31)(H,28,29). The van der Waals surface area contributed by atoms with Gasteiger partial charge < -0.3 is 20.1 Å². The second-order valence-electron chi connectivity index (χ2n) is 8.57. The van der Waals surface area contributed by atoms with Crippen LogP contribution in [0.5, 0.6) is 0 Å².